The van der Waals surface area contributed by atoms with Crippen LogP contribution in [0.4, 0.5) is 0 Å². The van der Waals surface area contributed by atoms with Crippen molar-refractivity contribution >= 4 is 12.3 Å². The summed E-state index contributed by atoms with van der Waals surface area (Å²) >= 11 is 0. The Kier molecular flexibility index (Phi) is 3.03. The number of aldehydes is 1. The number of aliphatic hydroxyl groups is 2. The topological polar surface area (TPSA) is 83.8 Å². The first-order valence-corrected chi connectivity index (χ1v) is 7.11. The van der Waals surface area contributed by atoms with Crippen molar-refractivity contribution in [2.45, 2.75) is 44.5 Å². The molecule has 7 atom stereocenters. The Balaban J connectivity index is 2.05. The number of carbonyl (C=O) groups excluding carboxylic acids is 2. The molecule has 0 aromatic rings. The molecule has 3 fully saturated rings. The smallest absolute Gasteiger partial charge is 0.334 e. The molecule has 0 bridgehead atoms. The lowest BCUT2D eigenvalue weighted by Crippen LogP contribution is -2.59. The molecule has 5 nitrogen and oxygen atoms in total. The molecule has 0 aromatic heterocycles. The van der Waals surface area contributed by atoms with Crippen molar-refractivity contribution in [3.63, 3.8) is 0 Å². The Morgan fingerprint density at radius 2 is 2.10 bits per heavy atom. The fraction of sp³-hybridized carbons (Fsp3) is 0.733. The second-order valence-corrected chi connectivity index (χ2v) is 6.62. The fourth-order valence-corrected chi connectivity index (χ4v) is 4.55. The summed E-state index contributed by atoms with van der Waals surface area (Å²) in [5.74, 6) is -1.44. The minimum atomic E-state index is -0.764. The van der Waals surface area contributed by atoms with Gasteiger partial charge in [0.25, 0.3) is 0 Å². The lowest BCUT2D eigenvalue weighted by atomic mass is 9.52. The maximum Gasteiger partial charge on any atom is 0.334 e. The van der Waals surface area contributed by atoms with E-state index in [9.17, 15) is 19.8 Å². The van der Waals surface area contributed by atoms with Crippen LogP contribution in [-0.2, 0) is 14.3 Å². The number of rotatable bonds is 1. The third-order valence-electron chi connectivity index (χ3n) is 5.61. The summed E-state index contributed by atoms with van der Waals surface area (Å²) in [5, 5.41) is 20.7. The Morgan fingerprint density at radius 3 is 2.75 bits per heavy atom. The monoisotopic (exact) mass is 280 g/mol. The lowest BCUT2D eigenvalue weighted by molar-refractivity contribution is -0.185. The zero-order valence-electron chi connectivity index (χ0n) is 11.5. The number of carbonyl (C=O) groups is 2. The van der Waals surface area contributed by atoms with E-state index in [0.29, 0.717) is 19.3 Å². The summed E-state index contributed by atoms with van der Waals surface area (Å²) in [6.45, 7) is 5.60. The van der Waals surface area contributed by atoms with E-state index in [-0.39, 0.29) is 17.4 Å². The van der Waals surface area contributed by atoms with Gasteiger partial charge in [-0.2, -0.15) is 0 Å². The van der Waals surface area contributed by atoms with Gasteiger partial charge in [-0.1, -0.05) is 13.5 Å². The van der Waals surface area contributed by atoms with Crippen molar-refractivity contribution in [2.24, 2.45) is 23.2 Å². The zero-order valence-corrected chi connectivity index (χ0v) is 11.5. The minimum absolute atomic E-state index is 0.248. The molecule has 3 rings (SSSR count). The van der Waals surface area contributed by atoms with Gasteiger partial charge in [-0.3, -0.25) is 0 Å². The highest BCUT2D eigenvalue weighted by molar-refractivity contribution is 5.91. The van der Waals surface area contributed by atoms with Crippen LogP contribution in [0.5, 0.6) is 0 Å². The maximum absolute atomic E-state index is 11.8. The van der Waals surface area contributed by atoms with Gasteiger partial charge in [-0.25, -0.2) is 4.79 Å². The highest BCUT2D eigenvalue weighted by Crippen LogP contribution is 2.57. The highest BCUT2D eigenvalue weighted by atomic mass is 16.6. The van der Waals surface area contributed by atoms with Gasteiger partial charge in [0.1, 0.15) is 12.4 Å². The van der Waals surface area contributed by atoms with Gasteiger partial charge in [0.15, 0.2) is 0 Å². The van der Waals surface area contributed by atoms with Crippen LogP contribution in [0.3, 0.4) is 0 Å². The van der Waals surface area contributed by atoms with E-state index in [2.05, 4.69) is 6.58 Å². The second-order valence-electron chi connectivity index (χ2n) is 6.62. The molecular formula is C15H20O5. The minimum Gasteiger partial charge on any atom is -0.458 e. The Labute approximate surface area is 117 Å². The number of hydrogen-bond acceptors (Lipinski definition) is 5. The zero-order chi connectivity index (χ0) is 14.7. The third kappa shape index (κ3) is 1.63. The molecule has 2 N–H and O–H groups in total. The van der Waals surface area contributed by atoms with E-state index in [4.69, 9.17) is 4.74 Å². The molecule has 5 heteroatoms. The average molecular weight is 280 g/mol. The molecule has 20 heavy (non-hydrogen) atoms. The standard InChI is InChI=1S/C15H20O5/c1-7-11-9(17)5-15(2)10(18)4-3-8(6-16)12(15)13(11)20-14(7)19/h6,8-13,17-18H,1,3-5H2,2H3/t8-,9-,10-,11+,12-,13-,15+/m0/s1. The summed E-state index contributed by atoms with van der Waals surface area (Å²) < 4.78 is 5.39. The Bertz CT molecular complexity index is 473. The van der Waals surface area contributed by atoms with Crippen molar-refractivity contribution in [3.8, 4) is 0 Å². The van der Waals surface area contributed by atoms with Crippen LogP contribution in [0.25, 0.3) is 0 Å². The molecular weight excluding hydrogens is 260 g/mol. The van der Waals surface area contributed by atoms with Gasteiger partial charge >= 0.3 is 5.97 Å². The van der Waals surface area contributed by atoms with Crippen LogP contribution < -0.4 is 0 Å². The largest absolute Gasteiger partial charge is 0.458 e. The molecule has 110 valence electrons. The van der Waals surface area contributed by atoms with Crippen molar-refractivity contribution in [1.82, 2.24) is 0 Å². The molecule has 0 unspecified atom stereocenters. The first-order chi connectivity index (χ1) is 9.40. The summed E-state index contributed by atoms with van der Waals surface area (Å²) in [4.78, 5) is 23.1. The normalized spacial score (nSPS) is 51.1. The quantitative estimate of drug-likeness (QED) is 0.414. The van der Waals surface area contributed by atoms with Crippen molar-refractivity contribution in [2.75, 3.05) is 0 Å². The van der Waals surface area contributed by atoms with Crippen LogP contribution in [0.2, 0.25) is 0 Å². The van der Waals surface area contributed by atoms with Crippen molar-refractivity contribution in [1.29, 1.82) is 0 Å². The molecule has 3 aliphatic rings. The van der Waals surface area contributed by atoms with Crippen molar-refractivity contribution < 1.29 is 24.5 Å². The molecule has 0 amide bonds. The van der Waals surface area contributed by atoms with Crippen LogP contribution in [-0.4, -0.2) is 40.8 Å². The number of esters is 1. The van der Waals surface area contributed by atoms with Gasteiger partial charge in [0, 0.05) is 22.8 Å². The number of ether oxygens (including phenoxy) is 1. The van der Waals surface area contributed by atoms with E-state index >= 15 is 0 Å². The SMILES string of the molecule is C=C1C(=O)O[C@H]2[C@H]1[C@@H](O)C[C@@]1(C)[C@H]2[C@H](C=O)CC[C@@H]1O. The highest BCUT2D eigenvalue weighted by Gasteiger charge is 2.62. The molecule has 0 radical (unpaired) electrons. The number of hydrogen-bond donors (Lipinski definition) is 2. The van der Waals surface area contributed by atoms with E-state index in [0.717, 1.165) is 6.29 Å². The second kappa shape index (κ2) is 4.40. The molecule has 2 aliphatic carbocycles. The van der Waals surface area contributed by atoms with Gasteiger partial charge in [-0.05, 0) is 19.3 Å². The molecule has 0 aromatic carbocycles. The van der Waals surface area contributed by atoms with Gasteiger partial charge < -0.3 is 19.7 Å². The van der Waals surface area contributed by atoms with Crippen LogP contribution in [0.15, 0.2) is 12.2 Å². The first-order valence-electron chi connectivity index (χ1n) is 7.11. The first kappa shape index (κ1) is 13.8. The Morgan fingerprint density at radius 1 is 1.40 bits per heavy atom. The Hall–Kier alpha value is -1.20. The fourth-order valence-electron chi connectivity index (χ4n) is 4.55. The van der Waals surface area contributed by atoms with E-state index in [1.165, 1.54) is 0 Å². The maximum atomic E-state index is 11.8. The molecule has 2 saturated carbocycles. The summed E-state index contributed by atoms with van der Waals surface area (Å²) in [6, 6.07) is 0. The molecule has 1 aliphatic heterocycles. The summed E-state index contributed by atoms with van der Waals surface area (Å²) in [5.41, 5.74) is -0.316. The van der Waals surface area contributed by atoms with Crippen LogP contribution >= 0.6 is 0 Å². The average Bonchev–Trinajstić information content (AvgIpc) is 2.68. The van der Waals surface area contributed by atoms with E-state index < -0.39 is 35.6 Å². The molecule has 0 spiro atoms. The van der Waals surface area contributed by atoms with Crippen molar-refractivity contribution in [3.05, 3.63) is 12.2 Å². The summed E-state index contributed by atoms with van der Waals surface area (Å²) in [7, 11) is 0. The van der Waals surface area contributed by atoms with Gasteiger partial charge in [-0.15, -0.1) is 0 Å². The van der Waals surface area contributed by atoms with Crippen LogP contribution in [0.1, 0.15) is 26.2 Å². The van der Waals surface area contributed by atoms with Gasteiger partial charge in [0.05, 0.1) is 18.1 Å². The third-order valence-corrected chi connectivity index (χ3v) is 5.61. The lowest BCUT2D eigenvalue weighted by Gasteiger charge is -2.55. The molecule has 1 saturated heterocycles. The van der Waals surface area contributed by atoms with E-state index in [1.807, 2.05) is 6.92 Å². The number of aliphatic hydroxyl groups excluding tert-OH is 2. The molecule has 1 heterocycles. The summed E-state index contributed by atoms with van der Waals surface area (Å²) in [6.07, 6.45) is 0.489. The van der Waals surface area contributed by atoms with Gasteiger partial charge in [0.2, 0.25) is 0 Å². The predicted molar refractivity (Wildman–Crippen MR) is 69.5 cm³/mol. The predicted octanol–water partition coefficient (Wildman–Crippen LogP) is 0.441. The van der Waals surface area contributed by atoms with E-state index in [1.54, 1.807) is 0 Å². The van der Waals surface area contributed by atoms with Crippen LogP contribution in [0, 0.1) is 23.2 Å². The number of fused-ring (bicyclic) bond motifs is 3.